The Hall–Kier alpha value is -3.15. The molecular formula is C20H21N3O3. The SMILES string of the molecule is CCOC(=O)Cn1c(CNC(=O)c2ccccc2C)nc2ccccc21. The number of fused-ring (bicyclic) bond motifs is 1. The number of ether oxygens (including phenoxy) is 1. The van der Waals surface area contributed by atoms with Crippen molar-refractivity contribution in [3.8, 4) is 0 Å². The summed E-state index contributed by atoms with van der Waals surface area (Å²) in [4.78, 5) is 29.0. The fraction of sp³-hybridized carbons (Fsp3) is 0.250. The van der Waals surface area contributed by atoms with Gasteiger partial charge in [-0.1, -0.05) is 30.3 Å². The van der Waals surface area contributed by atoms with E-state index in [1.54, 1.807) is 17.6 Å². The third-order valence-corrected chi connectivity index (χ3v) is 4.12. The molecule has 0 saturated carbocycles. The number of benzene rings is 2. The molecule has 1 aromatic heterocycles. The van der Waals surface area contributed by atoms with E-state index in [2.05, 4.69) is 10.3 Å². The van der Waals surface area contributed by atoms with Crippen molar-refractivity contribution in [1.82, 2.24) is 14.9 Å². The fourth-order valence-corrected chi connectivity index (χ4v) is 2.85. The molecular weight excluding hydrogens is 330 g/mol. The second kappa shape index (κ2) is 7.82. The highest BCUT2D eigenvalue weighted by molar-refractivity contribution is 5.95. The fourth-order valence-electron chi connectivity index (χ4n) is 2.85. The largest absolute Gasteiger partial charge is 0.465 e. The minimum absolute atomic E-state index is 0.0594. The third-order valence-electron chi connectivity index (χ3n) is 4.12. The van der Waals surface area contributed by atoms with Gasteiger partial charge in [0.25, 0.3) is 5.91 Å². The zero-order chi connectivity index (χ0) is 18.5. The number of aromatic nitrogens is 2. The summed E-state index contributed by atoms with van der Waals surface area (Å²) in [5.74, 6) is 0.112. The Morgan fingerprint density at radius 2 is 1.85 bits per heavy atom. The van der Waals surface area contributed by atoms with Crippen molar-refractivity contribution >= 4 is 22.9 Å². The highest BCUT2D eigenvalue weighted by Gasteiger charge is 2.15. The Labute approximate surface area is 151 Å². The van der Waals surface area contributed by atoms with Gasteiger partial charge in [0, 0.05) is 5.56 Å². The quantitative estimate of drug-likeness (QED) is 0.693. The van der Waals surface area contributed by atoms with Crippen LogP contribution in [0.25, 0.3) is 11.0 Å². The second-order valence-electron chi connectivity index (χ2n) is 5.91. The molecule has 3 aromatic rings. The summed E-state index contributed by atoms with van der Waals surface area (Å²) >= 11 is 0. The monoisotopic (exact) mass is 351 g/mol. The first-order valence-corrected chi connectivity index (χ1v) is 8.53. The zero-order valence-electron chi connectivity index (χ0n) is 14.9. The lowest BCUT2D eigenvalue weighted by Crippen LogP contribution is -2.26. The molecule has 1 N–H and O–H groups in total. The van der Waals surface area contributed by atoms with E-state index < -0.39 is 0 Å². The minimum Gasteiger partial charge on any atom is -0.465 e. The van der Waals surface area contributed by atoms with E-state index in [0.717, 1.165) is 16.6 Å². The number of esters is 1. The molecule has 0 saturated heterocycles. The number of aryl methyl sites for hydroxylation is 1. The van der Waals surface area contributed by atoms with Crippen LogP contribution in [0.3, 0.4) is 0 Å². The van der Waals surface area contributed by atoms with Gasteiger partial charge in [-0.15, -0.1) is 0 Å². The summed E-state index contributed by atoms with van der Waals surface area (Å²) in [5.41, 5.74) is 3.14. The predicted molar refractivity (Wildman–Crippen MR) is 98.7 cm³/mol. The van der Waals surface area contributed by atoms with Gasteiger partial charge in [0.2, 0.25) is 0 Å². The summed E-state index contributed by atoms with van der Waals surface area (Å²) in [7, 11) is 0. The van der Waals surface area contributed by atoms with Crippen molar-refractivity contribution < 1.29 is 14.3 Å². The lowest BCUT2D eigenvalue weighted by Gasteiger charge is -2.10. The smallest absolute Gasteiger partial charge is 0.326 e. The van der Waals surface area contributed by atoms with Crippen LogP contribution in [0.15, 0.2) is 48.5 Å². The second-order valence-corrected chi connectivity index (χ2v) is 5.91. The van der Waals surface area contributed by atoms with Crippen molar-refractivity contribution in [3.05, 3.63) is 65.5 Å². The molecule has 0 radical (unpaired) electrons. The number of para-hydroxylation sites is 2. The number of amides is 1. The molecule has 1 heterocycles. The van der Waals surface area contributed by atoms with Gasteiger partial charge in [-0.2, -0.15) is 0 Å². The summed E-state index contributed by atoms with van der Waals surface area (Å²) in [5, 5.41) is 2.89. The molecule has 0 spiro atoms. The van der Waals surface area contributed by atoms with Crippen LogP contribution < -0.4 is 5.32 Å². The lowest BCUT2D eigenvalue weighted by molar-refractivity contribution is -0.143. The normalized spacial score (nSPS) is 10.7. The summed E-state index contributed by atoms with van der Waals surface area (Å²) in [6.07, 6.45) is 0. The lowest BCUT2D eigenvalue weighted by atomic mass is 10.1. The molecule has 3 rings (SSSR count). The molecule has 26 heavy (non-hydrogen) atoms. The van der Waals surface area contributed by atoms with Crippen LogP contribution in [0.4, 0.5) is 0 Å². The van der Waals surface area contributed by atoms with Crippen molar-refractivity contribution in [2.45, 2.75) is 26.9 Å². The number of nitrogens with zero attached hydrogens (tertiary/aromatic N) is 2. The first-order chi connectivity index (χ1) is 12.6. The van der Waals surface area contributed by atoms with E-state index in [0.29, 0.717) is 18.0 Å². The molecule has 0 atom stereocenters. The molecule has 0 bridgehead atoms. The van der Waals surface area contributed by atoms with Crippen LogP contribution in [0.1, 0.15) is 28.7 Å². The number of hydrogen-bond donors (Lipinski definition) is 1. The van der Waals surface area contributed by atoms with E-state index in [1.165, 1.54) is 0 Å². The highest BCUT2D eigenvalue weighted by atomic mass is 16.5. The summed E-state index contributed by atoms with van der Waals surface area (Å²) < 4.78 is 6.84. The Bertz CT molecular complexity index is 946. The minimum atomic E-state index is -0.331. The topological polar surface area (TPSA) is 73.2 Å². The zero-order valence-corrected chi connectivity index (χ0v) is 14.9. The maximum absolute atomic E-state index is 12.5. The number of imidazole rings is 1. The molecule has 0 fully saturated rings. The van der Waals surface area contributed by atoms with Crippen LogP contribution in [-0.2, 0) is 22.6 Å². The summed E-state index contributed by atoms with van der Waals surface area (Å²) in [6, 6.07) is 15.0. The van der Waals surface area contributed by atoms with Crippen molar-refractivity contribution in [2.24, 2.45) is 0 Å². The van der Waals surface area contributed by atoms with Crippen molar-refractivity contribution in [1.29, 1.82) is 0 Å². The first-order valence-electron chi connectivity index (χ1n) is 8.53. The molecule has 6 heteroatoms. The first kappa shape index (κ1) is 17.7. The standard InChI is InChI=1S/C20H21N3O3/c1-3-26-19(24)13-23-17-11-7-6-10-16(17)22-18(23)12-21-20(25)15-9-5-4-8-14(15)2/h4-11H,3,12-13H2,1-2H3,(H,21,25). The average Bonchev–Trinajstić information content (AvgIpc) is 2.98. The maximum Gasteiger partial charge on any atom is 0.326 e. The van der Waals surface area contributed by atoms with Crippen LogP contribution in [-0.4, -0.2) is 28.0 Å². The molecule has 0 aliphatic heterocycles. The van der Waals surface area contributed by atoms with E-state index >= 15 is 0 Å². The Kier molecular flexibility index (Phi) is 5.31. The van der Waals surface area contributed by atoms with E-state index in [-0.39, 0.29) is 25.0 Å². The van der Waals surface area contributed by atoms with Crippen molar-refractivity contribution in [3.63, 3.8) is 0 Å². The third kappa shape index (κ3) is 3.74. The molecule has 6 nitrogen and oxygen atoms in total. The Morgan fingerprint density at radius 3 is 2.62 bits per heavy atom. The number of rotatable bonds is 6. The van der Waals surface area contributed by atoms with Gasteiger partial charge in [0.15, 0.2) is 0 Å². The van der Waals surface area contributed by atoms with E-state index in [1.807, 2.05) is 49.4 Å². The molecule has 1 amide bonds. The number of hydrogen-bond acceptors (Lipinski definition) is 4. The van der Waals surface area contributed by atoms with Crippen LogP contribution in [0, 0.1) is 6.92 Å². The molecule has 2 aromatic carbocycles. The van der Waals surface area contributed by atoms with Gasteiger partial charge in [-0.25, -0.2) is 4.98 Å². The van der Waals surface area contributed by atoms with Gasteiger partial charge in [-0.3, -0.25) is 9.59 Å². The predicted octanol–water partition coefficient (Wildman–Crippen LogP) is 2.84. The van der Waals surface area contributed by atoms with Crippen LogP contribution >= 0.6 is 0 Å². The number of carbonyl (C=O) groups excluding carboxylic acids is 2. The van der Waals surface area contributed by atoms with E-state index in [9.17, 15) is 9.59 Å². The summed E-state index contributed by atoms with van der Waals surface area (Å²) in [6.45, 7) is 4.27. The molecule has 0 aliphatic carbocycles. The van der Waals surface area contributed by atoms with Crippen molar-refractivity contribution in [2.75, 3.05) is 6.61 Å². The Balaban J connectivity index is 1.84. The molecule has 134 valence electrons. The van der Waals surface area contributed by atoms with Gasteiger partial charge in [0.1, 0.15) is 12.4 Å². The Morgan fingerprint density at radius 1 is 1.12 bits per heavy atom. The van der Waals surface area contributed by atoms with Gasteiger partial charge < -0.3 is 14.6 Å². The maximum atomic E-state index is 12.5. The molecule has 0 unspecified atom stereocenters. The van der Waals surface area contributed by atoms with Gasteiger partial charge in [-0.05, 0) is 37.6 Å². The van der Waals surface area contributed by atoms with Gasteiger partial charge in [0.05, 0.1) is 24.2 Å². The molecule has 0 aliphatic rings. The van der Waals surface area contributed by atoms with Gasteiger partial charge >= 0.3 is 5.97 Å². The number of carbonyl (C=O) groups is 2. The number of nitrogens with one attached hydrogen (secondary N) is 1. The van der Waals surface area contributed by atoms with Crippen LogP contribution in [0.5, 0.6) is 0 Å². The average molecular weight is 351 g/mol. The highest BCUT2D eigenvalue weighted by Crippen LogP contribution is 2.16. The van der Waals surface area contributed by atoms with E-state index in [4.69, 9.17) is 4.74 Å². The van der Waals surface area contributed by atoms with Crippen LogP contribution in [0.2, 0.25) is 0 Å².